The van der Waals surface area contributed by atoms with Crippen LogP contribution in [0.5, 0.6) is 0 Å². The lowest BCUT2D eigenvalue weighted by Gasteiger charge is -2.39. The van der Waals surface area contributed by atoms with Gasteiger partial charge in [0.25, 0.3) is 0 Å². The van der Waals surface area contributed by atoms with Gasteiger partial charge in [0, 0.05) is 36.4 Å². The van der Waals surface area contributed by atoms with Crippen LogP contribution in [0, 0.1) is 11.6 Å². The van der Waals surface area contributed by atoms with Gasteiger partial charge in [-0.05, 0) is 73.8 Å². The minimum Gasteiger partial charge on any atom is -0.337 e. The first kappa shape index (κ1) is 22.6. The standard InChI is InChI=1S/C25H28F2N4O3/c26-17-5-8-19(9-6-17)31-22-10-7-18(27)15-20(22)21-16-29(14-11-23(21)31)12-3-1-2-4-13-30-24(32)28-25(33)34-30/h5-10,15,21,23H,1-4,11-14,16H2,(H,28,32,33). The topological polar surface area (TPSA) is 74.5 Å². The third-order valence-electron chi connectivity index (χ3n) is 6.96. The third-order valence-corrected chi connectivity index (χ3v) is 6.96. The fourth-order valence-electron chi connectivity index (χ4n) is 5.38. The van der Waals surface area contributed by atoms with Crippen molar-refractivity contribution in [3.05, 3.63) is 80.7 Å². The van der Waals surface area contributed by atoms with Crippen LogP contribution in [0.2, 0.25) is 0 Å². The number of anilines is 2. The highest BCUT2D eigenvalue weighted by Gasteiger charge is 2.42. The van der Waals surface area contributed by atoms with Crippen molar-refractivity contribution in [2.24, 2.45) is 0 Å². The number of benzene rings is 2. The molecule has 0 radical (unpaired) electrons. The van der Waals surface area contributed by atoms with Crippen LogP contribution in [0.1, 0.15) is 43.6 Å². The number of aromatic nitrogens is 2. The van der Waals surface area contributed by atoms with Crippen LogP contribution < -0.4 is 16.3 Å². The number of nitrogens with one attached hydrogen (secondary N) is 1. The van der Waals surface area contributed by atoms with Crippen LogP contribution in [0.15, 0.2) is 56.6 Å². The maximum absolute atomic E-state index is 14.1. The number of fused-ring (bicyclic) bond motifs is 3. The molecule has 5 rings (SSSR count). The zero-order chi connectivity index (χ0) is 23.7. The van der Waals surface area contributed by atoms with Gasteiger partial charge in [0.1, 0.15) is 11.6 Å². The van der Waals surface area contributed by atoms with Crippen LogP contribution in [-0.4, -0.2) is 40.3 Å². The Hall–Kier alpha value is -3.20. The van der Waals surface area contributed by atoms with Gasteiger partial charge in [0.15, 0.2) is 0 Å². The van der Waals surface area contributed by atoms with Crippen molar-refractivity contribution in [3.8, 4) is 0 Å². The van der Waals surface area contributed by atoms with Crippen LogP contribution >= 0.6 is 0 Å². The molecule has 7 nitrogen and oxygen atoms in total. The molecule has 1 saturated heterocycles. The Morgan fingerprint density at radius 1 is 0.941 bits per heavy atom. The molecule has 1 fully saturated rings. The number of piperidine rings is 1. The number of halogens is 2. The van der Waals surface area contributed by atoms with E-state index in [9.17, 15) is 18.4 Å². The molecule has 1 aromatic heterocycles. The predicted molar refractivity (Wildman–Crippen MR) is 125 cm³/mol. The molecule has 2 aliphatic rings. The van der Waals surface area contributed by atoms with Crippen LogP contribution in [0.3, 0.4) is 0 Å². The third kappa shape index (κ3) is 4.57. The second-order valence-corrected chi connectivity index (χ2v) is 9.14. The molecule has 2 atom stereocenters. The summed E-state index contributed by atoms with van der Waals surface area (Å²) in [7, 11) is 0. The first-order chi connectivity index (χ1) is 16.5. The van der Waals surface area contributed by atoms with Crippen molar-refractivity contribution in [2.45, 2.75) is 50.6 Å². The second kappa shape index (κ2) is 9.58. The Morgan fingerprint density at radius 3 is 2.41 bits per heavy atom. The molecular weight excluding hydrogens is 442 g/mol. The number of H-pyrrole nitrogens is 1. The lowest BCUT2D eigenvalue weighted by atomic mass is 9.88. The van der Waals surface area contributed by atoms with E-state index < -0.39 is 11.4 Å². The smallest absolute Gasteiger partial charge is 0.337 e. The van der Waals surface area contributed by atoms with E-state index in [0.29, 0.717) is 6.54 Å². The van der Waals surface area contributed by atoms with Crippen LogP contribution in [0.25, 0.3) is 0 Å². The number of likely N-dealkylation sites (tertiary alicyclic amines) is 1. The van der Waals surface area contributed by atoms with Crippen molar-refractivity contribution >= 4 is 11.4 Å². The molecular formula is C25H28F2N4O3. The van der Waals surface area contributed by atoms with Gasteiger partial charge >= 0.3 is 11.4 Å². The molecule has 2 unspecified atom stereocenters. The average Bonchev–Trinajstić information content (AvgIpc) is 3.31. The molecule has 2 aliphatic heterocycles. The SMILES string of the molecule is O=c1[nH]c(=O)n(CCCCCCN2CCC3C(C2)c2cc(F)ccc2N3c2ccc(F)cc2)o1. The van der Waals surface area contributed by atoms with Crippen molar-refractivity contribution in [1.82, 2.24) is 14.6 Å². The molecule has 0 saturated carbocycles. The number of aromatic amines is 1. The fraction of sp³-hybridized carbons (Fsp3) is 0.440. The first-order valence-corrected chi connectivity index (χ1v) is 11.9. The van der Waals surface area contributed by atoms with E-state index in [4.69, 9.17) is 4.52 Å². The Bertz CT molecular complexity index is 1250. The van der Waals surface area contributed by atoms with E-state index in [2.05, 4.69) is 14.8 Å². The van der Waals surface area contributed by atoms with E-state index in [-0.39, 0.29) is 23.6 Å². The Kier molecular flexibility index (Phi) is 6.36. The number of hydrogen-bond acceptors (Lipinski definition) is 5. The molecule has 0 bridgehead atoms. The molecule has 0 spiro atoms. The molecule has 1 N–H and O–H groups in total. The Balaban J connectivity index is 1.18. The molecule has 9 heteroatoms. The summed E-state index contributed by atoms with van der Waals surface area (Å²) in [6, 6.07) is 11.8. The Labute approximate surface area is 195 Å². The Morgan fingerprint density at radius 2 is 1.68 bits per heavy atom. The van der Waals surface area contributed by atoms with Gasteiger partial charge in [0.2, 0.25) is 0 Å². The van der Waals surface area contributed by atoms with Gasteiger partial charge in [-0.2, -0.15) is 4.74 Å². The van der Waals surface area contributed by atoms with E-state index in [0.717, 1.165) is 73.4 Å². The molecule has 2 aromatic carbocycles. The molecule has 0 amide bonds. The van der Waals surface area contributed by atoms with Crippen LogP contribution in [-0.2, 0) is 6.54 Å². The van der Waals surface area contributed by atoms with Crippen molar-refractivity contribution in [1.29, 1.82) is 0 Å². The van der Waals surface area contributed by atoms with Crippen molar-refractivity contribution < 1.29 is 13.3 Å². The molecule has 34 heavy (non-hydrogen) atoms. The van der Waals surface area contributed by atoms with Crippen molar-refractivity contribution in [2.75, 3.05) is 24.5 Å². The highest BCUT2D eigenvalue weighted by molar-refractivity contribution is 5.73. The first-order valence-electron chi connectivity index (χ1n) is 11.9. The maximum atomic E-state index is 14.1. The number of aryl methyl sites for hydroxylation is 1. The largest absolute Gasteiger partial charge is 0.440 e. The summed E-state index contributed by atoms with van der Waals surface area (Å²) in [5.74, 6) is -1.01. The summed E-state index contributed by atoms with van der Waals surface area (Å²) in [5, 5.41) is 0. The van der Waals surface area contributed by atoms with E-state index in [1.807, 2.05) is 6.07 Å². The van der Waals surface area contributed by atoms with Gasteiger partial charge in [0.05, 0.1) is 6.54 Å². The molecule has 0 aliphatic carbocycles. The van der Waals surface area contributed by atoms with Gasteiger partial charge in [-0.3, -0.25) is 0 Å². The lowest BCUT2D eigenvalue weighted by Crippen LogP contribution is -2.45. The van der Waals surface area contributed by atoms with Gasteiger partial charge in [-0.15, -0.1) is 0 Å². The number of unbranched alkanes of at least 4 members (excludes halogenated alkanes) is 3. The van der Waals surface area contributed by atoms with E-state index >= 15 is 0 Å². The van der Waals surface area contributed by atoms with E-state index in [1.54, 1.807) is 18.2 Å². The monoisotopic (exact) mass is 470 g/mol. The van der Waals surface area contributed by atoms with Crippen molar-refractivity contribution in [3.63, 3.8) is 0 Å². The predicted octanol–water partition coefficient (Wildman–Crippen LogP) is 3.98. The highest BCUT2D eigenvalue weighted by atomic mass is 19.1. The summed E-state index contributed by atoms with van der Waals surface area (Å²) in [5.41, 5.74) is 2.47. The highest BCUT2D eigenvalue weighted by Crippen LogP contribution is 2.48. The average molecular weight is 471 g/mol. The van der Waals surface area contributed by atoms with Gasteiger partial charge in [-0.1, -0.05) is 12.8 Å². The van der Waals surface area contributed by atoms with Gasteiger partial charge in [-0.25, -0.2) is 23.4 Å². The zero-order valence-corrected chi connectivity index (χ0v) is 18.9. The van der Waals surface area contributed by atoms with Crippen LogP contribution in [0.4, 0.5) is 20.2 Å². The second-order valence-electron chi connectivity index (χ2n) is 9.14. The zero-order valence-electron chi connectivity index (χ0n) is 18.9. The summed E-state index contributed by atoms with van der Waals surface area (Å²) in [6.07, 6.45) is 4.70. The van der Waals surface area contributed by atoms with Gasteiger partial charge < -0.3 is 14.3 Å². The maximum Gasteiger partial charge on any atom is 0.440 e. The number of rotatable bonds is 8. The summed E-state index contributed by atoms with van der Waals surface area (Å²) < 4.78 is 33.5. The summed E-state index contributed by atoms with van der Waals surface area (Å²) in [4.78, 5) is 29.3. The summed E-state index contributed by atoms with van der Waals surface area (Å²) >= 11 is 0. The normalized spacial score (nSPS) is 19.9. The quantitative estimate of drug-likeness (QED) is 0.504. The number of hydrogen-bond donors (Lipinski definition) is 1. The fourth-order valence-corrected chi connectivity index (χ4v) is 5.38. The van der Waals surface area contributed by atoms with E-state index in [1.165, 1.54) is 18.2 Å². The number of nitrogens with zero attached hydrogens (tertiary/aromatic N) is 3. The molecule has 180 valence electrons. The minimum absolute atomic E-state index is 0.202. The summed E-state index contributed by atoms with van der Waals surface area (Å²) in [6.45, 7) is 3.18. The minimum atomic E-state index is -0.722. The molecule has 3 aromatic rings. The molecule has 3 heterocycles. The lowest BCUT2D eigenvalue weighted by molar-refractivity contribution is 0.192.